The van der Waals surface area contributed by atoms with Crippen LogP contribution in [0.4, 0.5) is 5.95 Å². The Morgan fingerprint density at radius 3 is 3.06 bits per heavy atom. The second-order valence-electron chi connectivity index (χ2n) is 3.36. The summed E-state index contributed by atoms with van der Waals surface area (Å²) in [4.78, 5) is 19.2. The molecule has 0 saturated carbocycles. The fourth-order valence-electron chi connectivity index (χ4n) is 1.34. The molecule has 3 N–H and O–H groups in total. The monoisotopic (exact) mass is 253 g/mol. The summed E-state index contributed by atoms with van der Waals surface area (Å²) < 4.78 is 0.745. The molecule has 0 aliphatic heterocycles. The number of nitrogens with one attached hydrogen (secondary N) is 1. The van der Waals surface area contributed by atoms with Crippen molar-refractivity contribution in [2.45, 2.75) is 6.42 Å². The van der Waals surface area contributed by atoms with Crippen LogP contribution in [0.1, 0.15) is 16.8 Å². The van der Waals surface area contributed by atoms with E-state index in [1.165, 1.54) is 11.3 Å². The van der Waals surface area contributed by atoms with Gasteiger partial charge in [-0.1, -0.05) is 0 Å². The first-order valence-electron chi connectivity index (χ1n) is 5.04. The lowest BCUT2D eigenvalue weighted by Crippen LogP contribution is -2.07. The number of aromatic nitrogens is 2. The van der Waals surface area contributed by atoms with Crippen molar-refractivity contribution >= 4 is 33.5 Å². The summed E-state index contributed by atoms with van der Waals surface area (Å²) in [7, 11) is 0. The van der Waals surface area contributed by atoms with Crippen LogP contribution in [0.3, 0.4) is 0 Å². The standard InChI is InChI=1S/C10H11N3O3S/c14-3-1-2-11-10-12-4-7-8(13-10)6(5-17-7)9(15)16/h4-5,14H,1-3H2,(H,15,16)(H,11,12,13). The van der Waals surface area contributed by atoms with Crippen molar-refractivity contribution in [3.63, 3.8) is 0 Å². The van der Waals surface area contributed by atoms with Gasteiger partial charge < -0.3 is 15.5 Å². The van der Waals surface area contributed by atoms with Gasteiger partial charge in [0.2, 0.25) is 5.95 Å². The number of anilines is 1. The summed E-state index contributed by atoms with van der Waals surface area (Å²) in [6.07, 6.45) is 2.19. The van der Waals surface area contributed by atoms with Gasteiger partial charge in [-0.15, -0.1) is 11.3 Å². The van der Waals surface area contributed by atoms with Gasteiger partial charge in [-0.05, 0) is 6.42 Å². The van der Waals surface area contributed by atoms with E-state index in [0.717, 1.165) is 4.70 Å². The number of carboxylic acid groups (broad SMARTS) is 1. The summed E-state index contributed by atoms with van der Waals surface area (Å²) in [6.45, 7) is 0.641. The maximum Gasteiger partial charge on any atom is 0.338 e. The molecule has 0 bridgehead atoms. The normalized spacial score (nSPS) is 10.6. The number of carboxylic acids is 1. The molecule has 2 aromatic heterocycles. The molecule has 2 rings (SSSR count). The minimum Gasteiger partial charge on any atom is -0.478 e. The number of hydrogen-bond acceptors (Lipinski definition) is 6. The van der Waals surface area contributed by atoms with Gasteiger partial charge in [0.15, 0.2) is 0 Å². The second kappa shape index (κ2) is 5.07. The zero-order valence-electron chi connectivity index (χ0n) is 8.88. The van der Waals surface area contributed by atoms with Crippen LogP contribution in [0, 0.1) is 0 Å². The lowest BCUT2D eigenvalue weighted by molar-refractivity contribution is 0.0699. The van der Waals surface area contributed by atoms with Gasteiger partial charge in [0.1, 0.15) is 5.52 Å². The predicted molar refractivity (Wildman–Crippen MR) is 64.6 cm³/mol. The fourth-order valence-corrected chi connectivity index (χ4v) is 2.18. The molecule has 0 spiro atoms. The molecule has 0 saturated heterocycles. The van der Waals surface area contributed by atoms with Crippen molar-refractivity contribution in [2.75, 3.05) is 18.5 Å². The minimum absolute atomic E-state index is 0.0913. The lowest BCUT2D eigenvalue weighted by atomic mass is 10.3. The molecule has 7 heteroatoms. The first-order chi connectivity index (χ1) is 8.22. The topological polar surface area (TPSA) is 95.3 Å². The molecule has 17 heavy (non-hydrogen) atoms. The van der Waals surface area contributed by atoms with E-state index in [1.54, 1.807) is 11.6 Å². The summed E-state index contributed by atoms with van der Waals surface area (Å²) in [5.74, 6) is -0.608. The number of aliphatic hydroxyl groups is 1. The fraction of sp³-hybridized carbons (Fsp3) is 0.300. The molecular formula is C10H11N3O3S. The van der Waals surface area contributed by atoms with Gasteiger partial charge in [-0.3, -0.25) is 0 Å². The number of rotatable bonds is 5. The van der Waals surface area contributed by atoms with E-state index in [0.29, 0.717) is 24.4 Å². The predicted octanol–water partition coefficient (Wildman–Crippen LogP) is 1.18. The highest BCUT2D eigenvalue weighted by Crippen LogP contribution is 2.24. The largest absolute Gasteiger partial charge is 0.478 e. The lowest BCUT2D eigenvalue weighted by Gasteiger charge is -2.02. The number of carbonyl (C=O) groups is 1. The molecule has 0 fully saturated rings. The Bertz CT molecular complexity index is 541. The Morgan fingerprint density at radius 1 is 1.53 bits per heavy atom. The SMILES string of the molecule is O=C(O)c1csc2cnc(NCCCO)nc12. The first-order valence-corrected chi connectivity index (χ1v) is 5.92. The number of thiophene rings is 1. The third-order valence-electron chi connectivity index (χ3n) is 2.16. The average molecular weight is 253 g/mol. The molecule has 2 heterocycles. The second-order valence-corrected chi connectivity index (χ2v) is 4.28. The molecule has 0 radical (unpaired) electrons. The van der Waals surface area contributed by atoms with Gasteiger partial charge in [-0.25, -0.2) is 14.8 Å². The van der Waals surface area contributed by atoms with E-state index in [2.05, 4.69) is 15.3 Å². The molecular weight excluding hydrogens is 242 g/mol. The Labute approximate surface area is 101 Å². The number of aliphatic hydroxyl groups excluding tert-OH is 1. The van der Waals surface area contributed by atoms with Gasteiger partial charge >= 0.3 is 5.97 Å². The van der Waals surface area contributed by atoms with E-state index in [1.807, 2.05) is 0 Å². The molecule has 0 unspecified atom stereocenters. The maximum absolute atomic E-state index is 10.9. The van der Waals surface area contributed by atoms with Crippen molar-refractivity contribution in [1.82, 2.24) is 9.97 Å². The summed E-state index contributed by atoms with van der Waals surface area (Å²) in [6, 6.07) is 0. The van der Waals surface area contributed by atoms with Crippen LogP contribution in [-0.2, 0) is 0 Å². The van der Waals surface area contributed by atoms with Crippen molar-refractivity contribution < 1.29 is 15.0 Å². The molecule has 0 aliphatic carbocycles. The van der Waals surface area contributed by atoms with E-state index >= 15 is 0 Å². The molecule has 0 aromatic carbocycles. The number of fused-ring (bicyclic) bond motifs is 1. The van der Waals surface area contributed by atoms with Crippen molar-refractivity contribution in [3.8, 4) is 0 Å². The van der Waals surface area contributed by atoms with Crippen molar-refractivity contribution in [2.24, 2.45) is 0 Å². The van der Waals surface area contributed by atoms with Crippen LogP contribution in [0.2, 0.25) is 0 Å². The highest BCUT2D eigenvalue weighted by molar-refractivity contribution is 7.17. The Kier molecular flexibility index (Phi) is 3.50. The van der Waals surface area contributed by atoms with Gasteiger partial charge in [0.25, 0.3) is 0 Å². The number of nitrogens with zero attached hydrogens (tertiary/aromatic N) is 2. The molecule has 2 aromatic rings. The quantitative estimate of drug-likeness (QED) is 0.693. The van der Waals surface area contributed by atoms with Crippen molar-refractivity contribution in [1.29, 1.82) is 0 Å². The Morgan fingerprint density at radius 2 is 2.35 bits per heavy atom. The summed E-state index contributed by atoms with van der Waals surface area (Å²) in [5, 5.41) is 22.1. The summed E-state index contributed by atoms with van der Waals surface area (Å²) in [5.41, 5.74) is 0.640. The highest BCUT2D eigenvalue weighted by atomic mass is 32.1. The van der Waals surface area contributed by atoms with Gasteiger partial charge in [0, 0.05) is 18.5 Å². The zero-order chi connectivity index (χ0) is 12.3. The average Bonchev–Trinajstić information content (AvgIpc) is 2.72. The van der Waals surface area contributed by atoms with Crippen molar-refractivity contribution in [3.05, 3.63) is 17.1 Å². The van der Waals surface area contributed by atoms with Crippen LogP contribution >= 0.6 is 11.3 Å². The van der Waals surface area contributed by atoms with Crippen LogP contribution in [0.25, 0.3) is 10.2 Å². The summed E-state index contributed by atoms with van der Waals surface area (Å²) >= 11 is 1.31. The third kappa shape index (κ3) is 2.51. The van der Waals surface area contributed by atoms with E-state index < -0.39 is 5.97 Å². The smallest absolute Gasteiger partial charge is 0.338 e. The minimum atomic E-state index is -0.990. The van der Waals surface area contributed by atoms with Gasteiger partial charge in [0.05, 0.1) is 16.5 Å². The van der Waals surface area contributed by atoms with E-state index in [-0.39, 0.29) is 12.2 Å². The first kappa shape index (κ1) is 11.7. The van der Waals surface area contributed by atoms with Gasteiger partial charge in [-0.2, -0.15) is 0 Å². The molecule has 0 amide bonds. The number of hydrogen-bond donors (Lipinski definition) is 3. The Balaban J connectivity index is 2.28. The Hall–Kier alpha value is -1.73. The van der Waals surface area contributed by atoms with Crippen LogP contribution in [0.5, 0.6) is 0 Å². The third-order valence-corrected chi connectivity index (χ3v) is 3.07. The number of aromatic carboxylic acids is 1. The van der Waals surface area contributed by atoms with Crippen LogP contribution in [-0.4, -0.2) is 39.3 Å². The molecule has 90 valence electrons. The van der Waals surface area contributed by atoms with Crippen LogP contribution in [0.15, 0.2) is 11.6 Å². The maximum atomic E-state index is 10.9. The zero-order valence-corrected chi connectivity index (χ0v) is 9.70. The highest BCUT2D eigenvalue weighted by Gasteiger charge is 2.13. The van der Waals surface area contributed by atoms with E-state index in [4.69, 9.17) is 10.2 Å². The van der Waals surface area contributed by atoms with E-state index in [9.17, 15) is 4.79 Å². The molecule has 6 nitrogen and oxygen atoms in total. The van der Waals surface area contributed by atoms with Crippen LogP contribution < -0.4 is 5.32 Å². The molecule has 0 aliphatic rings. The molecule has 0 atom stereocenters.